The third kappa shape index (κ3) is 2.55. The highest BCUT2D eigenvalue weighted by Gasteiger charge is 2.14. The molecule has 1 heterocycles. The first kappa shape index (κ1) is 8.62. The maximum Gasteiger partial charge on any atom is 0.318 e. The minimum Gasteiger partial charge on any atom is -0.324 e. The maximum atomic E-state index is 11.1. The summed E-state index contributed by atoms with van der Waals surface area (Å²) in [6.45, 7) is 3.27. The standard InChI is InChI=1S/C6H12ClN3O/c7-5-9-6(11)10-3-1-8-2-4-10/h8H,1-5H2,(H,9,11). The molecule has 0 aromatic carbocycles. The molecule has 1 aliphatic heterocycles. The highest BCUT2D eigenvalue weighted by atomic mass is 35.5. The Morgan fingerprint density at radius 3 is 2.73 bits per heavy atom. The first-order valence-electron chi connectivity index (χ1n) is 3.64. The molecule has 0 aliphatic carbocycles. The molecular weight excluding hydrogens is 166 g/mol. The van der Waals surface area contributed by atoms with E-state index in [1.165, 1.54) is 0 Å². The van der Waals surface area contributed by atoms with E-state index in [0.29, 0.717) is 0 Å². The fourth-order valence-corrected chi connectivity index (χ4v) is 1.15. The second-order valence-electron chi connectivity index (χ2n) is 2.35. The lowest BCUT2D eigenvalue weighted by molar-refractivity contribution is 0.192. The van der Waals surface area contributed by atoms with Crippen molar-refractivity contribution in [1.82, 2.24) is 15.5 Å². The third-order valence-corrected chi connectivity index (χ3v) is 1.76. The molecule has 2 N–H and O–H groups in total. The quantitative estimate of drug-likeness (QED) is 0.430. The number of piperazine rings is 1. The molecule has 1 rings (SSSR count). The molecule has 1 fully saturated rings. The topological polar surface area (TPSA) is 44.4 Å². The lowest BCUT2D eigenvalue weighted by Gasteiger charge is -2.26. The molecule has 11 heavy (non-hydrogen) atoms. The van der Waals surface area contributed by atoms with Gasteiger partial charge in [-0.15, -0.1) is 11.6 Å². The van der Waals surface area contributed by atoms with E-state index in [2.05, 4.69) is 10.6 Å². The van der Waals surface area contributed by atoms with Gasteiger partial charge in [-0.25, -0.2) is 4.79 Å². The SMILES string of the molecule is O=C(NCCl)N1CCNCC1. The summed E-state index contributed by atoms with van der Waals surface area (Å²) in [5.41, 5.74) is 0. The summed E-state index contributed by atoms with van der Waals surface area (Å²) in [4.78, 5) is 12.8. The average Bonchev–Trinajstić information content (AvgIpc) is 2.07. The second kappa shape index (κ2) is 4.41. The van der Waals surface area contributed by atoms with E-state index < -0.39 is 0 Å². The normalized spacial score (nSPS) is 18.1. The lowest BCUT2D eigenvalue weighted by Crippen LogP contribution is -2.49. The van der Waals surface area contributed by atoms with E-state index >= 15 is 0 Å². The van der Waals surface area contributed by atoms with Crippen LogP contribution in [0.25, 0.3) is 0 Å². The van der Waals surface area contributed by atoms with Gasteiger partial charge in [-0.2, -0.15) is 0 Å². The zero-order valence-corrected chi connectivity index (χ0v) is 7.02. The van der Waals surface area contributed by atoms with E-state index in [1.807, 2.05) is 0 Å². The number of nitrogens with one attached hydrogen (secondary N) is 2. The molecule has 1 aliphatic rings. The van der Waals surface area contributed by atoms with Gasteiger partial charge in [-0.3, -0.25) is 0 Å². The van der Waals surface area contributed by atoms with Gasteiger partial charge < -0.3 is 15.5 Å². The van der Waals surface area contributed by atoms with E-state index in [4.69, 9.17) is 11.6 Å². The number of hydrogen-bond acceptors (Lipinski definition) is 2. The van der Waals surface area contributed by atoms with Crippen LogP contribution >= 0.6 is 11.6 Å². The highest BCUT2D eigenvalue weighted by Crippen LogP contribution is 1.92. The summed E-state index contributed by atoms with van der Waals surface area (Å²) in [6.07, 6.45) is 0. The van der Waals surface area contributed by atoms with Crippen LogP contribution in [-0.4, -0.2) is 43.1 Å². The summed E-state index contributed by atoms with van der Waals surface area (Å²) >= 11 is 5.34. The second-order valence-corrected chi connectivity index (χ2v) is 2.62. The zero-order valence-electron chi connectivity index (χ0n) is 6.27. The van der Waals surface area contributed by atoms with E-state index in [9.17, 15) is 4.79 Å². The van der Waals surface area contributed by atoms with Crippen LogP contribution in [-0.2, 0) is 0 Å². The molecule has 1 saturated heterocycles. The van der Waals surface area contributed by atoms with Crippen LogP contribution in [0.5, 0.6) is 0 Å². The van der Waals surface area contributed by atoms with Crippen LogP contribution in [0.15, 0.2) is 0 Å². The van der Waals surface area contributed by atoms with Gasteiger partial charge in [0.15, 0.2) is 0 Å². The monoisotopic (exact) mass is 177 g/mol. The highest BCUT2D eigenvalue weighted by molar-refractivity contribution is 6.18. The molecule has 0 atom stereocenters. The molecule has 0 saturated carbocycles. The van der Waals surface area contributed by atoms with Crippen LogP contribution < -0.4 is 10.6 Å². The molecule has 4 nitrogen and oxygen atoms in total. The van der Waals surface area contributed by atoms with Crippen LogP contribution in [0.1, 0.15) is 0 Å². The van der Waals surface area contributed by atoms with Gasteiger partial charge in [-0.05, 0) is 0 Å². The smallest absolute Gasteiger partial charge is 0.318 e. The fourth-order valence-electron chi connectivity index (χ4n) is 1.04. The number of nitrogens with zero attached hydrogens (tertiary/aromatic N) is 1. The number of urea groups is 1. The van der Waals surface area contributed by atoms with Gasteiger partial charge in [0.25, 0.3) is 0 Å². The van der Waals surface area contributed by atoms with Crippen LogP contribution in [0.4, 0.5) is 4.79 Å². The molecule has 5 heteroatoms. The first-order valence-corrected chi connectivity index (χ1v) is 4.17. The van der Waals surface area contributed by atoms with Gasteiger partial charge in [0.1, 0.15) is 0 Å². The van der Waals surface area contributed by atoms with Crippen molar-refractivity contribution in [3.05, 3.63) is 0 Å². The van der Waals surface area contributed by atoms with Crippen LogP contribution in [0, 0.1) is 0 Å². The molecule has 0 spiro atoms. The summed E-state index contributed by atoms with van der Waals surface area (Å²) in [6, 6.07) is 0.115. The number of carbonyl (C=O) groups excluding carboxylic acids is 1. The van der Waals surface area contributed by atoms with Crippen molar-refractivity contribution < 1.29 is 4.79 Å². The van der Waals surface area contributed by atoms with Gasteiger partial charge in [0.05, 0.1) is 6.00 Å². The van der Waals surface area contributed by atoms with Crippen molar-refractivity contribution >= 4 is 17.6 Å². The number of rotatable bonds is 1. The molecule has 64 valence electrons. The number of amides is 2. The van der Waals surface area contributed by atoms with Crippen molar-refractivity contribution in [2.45, 2.75) is 0 Å². The predicted molar refractivity (Wildman–Crippen MR) is 43.7 cm³/mol. The van der Waals surface area contributed by atoms with Crippen molar-refractivity contribution in [1.29, 1.82) is 0 Å². The van der Waals surface area contributed by atoms with Crippen molar-refractivity contribution in [3.63, 3.8) is 0 Å². The fraction of sp³-hybridized carbons (Fsp3) is 0.833. The van der Waals surface area contributed by atoms with Gasteiger partial charge in [0, 0.05) is 26.2 Å². The van der Waals surface area contributed by atoms with Gasteiger partial charge in [0.2, 0.25) is 0 Å². The Bertz CT molecular complexity index is 136. The van der Waals surface area contributed by atoms with E-state index in [-0.39, 0.29) is 12.0 Å². The van der Waals surface area contributed by atoms with E-state index in [1.54, 1.807) is 4.90 Å². The largest absolute Gasteiger partial charge is 0.324 e. The van der Waals surface area contributed by atoms with Gasteiger partial charge >= 0.3 is 6.03 Å². The molecular formula is C6H12ClN3O. The Kier molecular flexibility index (Phi) is 3.45. The summed E-state index contributed by atoms with van der Waals surface area (Å²) < 4.78 is 0. The van der Waals surface area contributed by atoms with Crippen molar-refractivity contribution in [2.24, 2.45) is 0 Å². The maximum absolute atomic E-state index is 11.1. The number of carbonyl (C=O) groups is 1. The summed E-state index contributed by atoms with van der Waals surface area (Å²) in [5.74, 6) is 0. The summed E-state index contributed by atoms with van der Waals surface area (Å²) in [7, 11) is 0. The minimum absolute atomic E-state index is 0.0681. The third-order valence-electron chi connectivity index (χ3n) is 1.62. The number of alkyl halides is 1. The Morgan fingerprint density at radius 2 is 2.18 bits per heavy atom. The van der Waals surface area contributed by atoms with Crippen LogP contribution in [0.2, 0.25) is 0 Å². The molecule has 2 amide bonds. The van der Waals surface area contributed by atoms with Crippen LogP contribution in [0.3, 0.4) is 0 Å². The predicted octanol–water partition coefficient (Wildman–Crippen LogP) is -0.203. The van der Waals surface area contributed by atoms with E-state index in [0.717, 1.165) is 26.2 Å². The molecule has 0 aromatic heterocycles. The number of halogens is 1. The zero-order chi connectivity index (χ0) is 8.10. The Hall–Kier alpha value is -0.480. The first-order chi connectivity index (χ1) is 5.34. The van der Waals surface area contributed by atoms with Crippen molar-refractivity contribution in [3.8, 4) is 0 Å². The molecule has 0 radical (unpaired) electrons. The lowest BCUT2D eigenvalue weighted by atomic mass is 10.4. The molecule has 0 aromatic rings. The van der Waals surface area contributed by atoms with Gasteiger partial charge in [-0.1, -0.05) is 0 Å². The summed E-state index contributed by atoms with van der Waals surface area (Å²) in [5, 5.41) is 5.70. The Morgan fingerprint density at radius 1 is 1.55 bits per heavy atom. The number of hydrogen-bond donors (Lipinski definition) is 2. The molecule has 0 unspecified atom stereocenters. The Balaban J connectivity index is 2.27. The molecule has 0 bridgehead atoms. The average molecular weight is 178 g/mol. The Labute approximate surface area is 70.9 Å². The minimum atomic E-state index is -0.0681. The van der Waals surface area contributed by atoms with Crippen molar-refractivity contribution in [2.75, 3.05) is 32.2 Å².